The third-order valence-electron chi connectivity index (χ3n) is 1.50. The SMILES string of the molecule is C1C[CH2][TlH][CH2]C1. The van der Waals surface area contributed by atoms with E-state index in [0.717, 1.165) is 0 Å². The van der Waals surface area contributed by atoms with Crippen LogP contribution in [-0.4, -0.2) is 24.2 Å². The molecule has 1 heteroatoms. The Morgan fingerprint density at radius 1 is 0.833 bits per heavy atom. The molecule has 0 nitrogen and oxygen atoms in total. The fraction of sp³-hybridized carbons (Fsp3) is 1.00. The van der Waals surface area contributed by atoms with Gasteiger partial charge in [-0.1, -0.05) is 0 Å². The van der Waals surface area contributed by atoms with E-state index < -0.39 is 0 Å². The summed E-state index contributed by atoms with van der Waals surface area (Å²) in [6, 6.07) is 0. The van der Waals surface area contributed by atoms with Crippen LogP contribution >= 0.6 is 0 Å². The Bertz CT molecular complexity index is 19.4. The van der Waals surface area contributed by atoms with Crippen LogP contribution in [0, 0.1) is 0 Å². The average molecular weight is 276 g/mol. The van der Waals surface area contributed by atoms with E-state index in [-0.39, 0.29) is 24.2 Å². The van der Waals surface area contributed by atoms with E-state index in [1.807, 2.05) is 0 Å². The average Bonchev–Trinajstić information content (AvgIpc) is 1.72. The first-order valence-corrected chi connectivity index (χ1v) is 10.8. The molecule has 0 radical (unpaired) electrons. The zero-order valence-electron chi connectivity index (χ0n) is 4.24. The predicted octanol–water partition coefficient (Wildman–Crippen LogP) is 1.44. The molecule has 6 heavy (non-hydrogen) atoms. The minimum atomic E-state index is -0.0864. The van der Waals surface area contributed by atoms with Gasteiger partial charge >= 0.3 is 51.5 Å². The molecule has 0 N–H and O–H groups in total. The van der Waals surface area contributed by atoms with Gasteiger partial charge in [-0.05, 0) is 0 Å². The van der Waals surface area contributed by atoms with Crippen LogP contribution in [-0.2, 0) is 0 Å². The number of hydrogen-bond acceptors (Lipinski definition) is 0. The molecule has 0 aromatic heterocycles. The molecule has 1 aliphatic rings. The second kappa shape index (κ2) is 2.99. The second-order valence-corrected chi connectivity index (χ2v) is 10.4. The molecule has 0 aromatic rings. The van der Waals surface area contributed by atoms with Gasteiger partial charge in [-0.2, -0.15) is 0 Å². The van der Waals surface area contributed by atoms with Crippen molar-refractivity contribution in [3.63, 3.8) is 0 Å². The van der Waals surface area contributed by atoms with Gasteiger partial charge in [0, 0.05) is 0 Å². The zero-order chi connectivity index (χ0) is 4.24. The molecule has 1 heterocycles. The van der Waals surface area contributed by atoms with Crippen LogP contribution in [0.5, 0.6) is 0 Å². The third-order valence-corrected chi connectivity index (χ3v) is 9.27. The van der Waals surface area contributed by atoms with Gasteiger partial charge in [0.05, 0.1) is 0 Å². The molecule has 1 saturated heterocycles. The standard InChI is InChI=1S/C5H10.Tl.H/c1-3-5-4-2;;/h1-5H2;;. The van der Waals surface area contributed by atoms with Crippen molar-refractivity contribution < 1.29 is 0 Å². The van der Waals surface area contributed by atoms with Crippen LogP contribution in [0.25, 0.3) is 0 Å². The van der Waals surface area contributed by atoms with Crippen molar-refractivity contribution in [1.29, 1.82) is 0 Å². The Morgan fingerprint density at radius 2 is 1.50 bits per heavy atom. The molecule has 1 fully saturated rings. The fourth-order valence-corrected chi connectivity index (χ4v) is 7.93. The maximum absolute atomic E-state index is 1.72. The Hall–Kier alpha value is 0.922. The van der Waals surface area contributed by atoms with Gasteiger partial charge in [0.2, 0.25) is 0 Å². The van der Waals surface area contributed by atoms with Crippen LogP contribution in [0.1, 0.15) is 19.3 Å². The first kappa shape index (κ1) is 5.07. The van der Waals surface area contributed by atoms with Gasteiger partial charge in [0.1, 0.15) is 0 Å². The molecule has 0 atom stereocenters. The van der Waals surface area contributed by atoms with E-state index >= 15 is 0 Å². The van der Waals surface area contributed by atoms with Gasteiger partial charge in [-0.15, -0.1) is 0 Å². The molecule has 1 rings (SSSR count). The van der Waals surface area contributed by atoms with Crippen molar-refractivity contribution in [1.82, 2.24) is 0 Å². The van der Waals surface area contributed by atoms with Crippen molar-refractivity contribution in [2.24, 2.45) is 0 Å². The summed E-state index contributed by atoms with van der Waals surface area (Å²) in [7, 11) is 0. The van der Waals surface area contributed by atoms with E-state index in [1.165, 1.54) is 0 Å². The number of rotatable bonds is 0. The molecule has 0 spiro atoms. The van der Waals surface area contributed by atoms with Crippen molar-refractivity contribution in [3.8, 4) is 0 Å². The molecule has 1 aliphatic heterocycles. The molecule has 0 bridgehead atoms. The molecule has 0 aliphatic carbocycles. The minimum absolute atomic E-state index is 0.0864. The molecule has 0 aromatic carbocycles. The van der Waals surface area contributed by atoms with Gasteiger partial charge in [-0.25, -0.2) is 0 Å². The maximum atomic E-state index is 1.72. The molecule has 0 unspecified atom stereocenters. The monoisotopic (exact) mass is 276 g/mol. The van der Waals surface area contributed by atoms with Gasteiger partial charge in [0.15, 0.2) is 0 Å². The van der Waals surface area contributed by atoms with E-state index in [4.69, 9.17) is 0 Å². The van der Waals surface area contributed by atoms with Gasteiger partial charge < -0.3 is 0 Å². The van der Waals surface area contributed by atoms with E-state index in [0.29, 0.717) is 0 Å². The van der Waals surface area contributed by atoms with Crippen LogP contribution < -0.4 is 0 Å². The Labute approximate surface area is 51.5 Å². The summed E-state index contributed by atoms with van der Waals surface area (Å²) in [5.41, 5.74) is 0. The summed E-state index contributed by atoms with van der Waals surface area (Å²) in [6.07, 6.45) is 4.75. The predicted molar refractivity (Wildman–Crippen MR) is 30.6 cm³/mol. The first-order chi connectivity index (χ1) is 3.00. The van der Waals surface area contributed by atoms with Gasteiger partial charge in [0.25, 0.3) is 0 Å². The first-order valence-electron chi connectivity index (χ1n) is 3.00. The van der Waals surface area contributed by atoms with E-state index in [2.05, 4.69) is 0 Å². The van der Waals surface area contributed by atoms with Crippen molar-refractivity contribution in [2.75, 3.05) is 0 Å². The molecule has 34 valence electrons. The fourth-order valence-electron chi connectivity index (χ4n) is 1.06. The summed E-state index contributed by atoms with van der Waals surface area (Å²) in [4.78, 5) is 0. The Balaban J connectivity index is 2.00. The summed E-state index contributed by atoms with van der Waals surface area (Å²) >= 11 is -0.0864. The summed E-state index contributed by atoms with van der Waals surface area (Å²) < 4.78 is 3.44. The third kappa shape index (κ3) is 1.58. The topological polar surface area (TPSA) is 0 Å². The van der Waals surface area contributed by atoms with Crippen LogP contribution in [0.2, 0.25) is 7.96 Å². The van der Waals surface area contributed by atoms with Crippen molar-refractivity contribution in [2.45, 2.75) is 27.2 Å². The quantitative estimate of drug-likeness (QED) is 0.587. The molecule has 0 saturated carbocycles. The molecular weight excluding hydrogens is 264 g/mol. The number of hydrogen-bond donors (Lipinski definition) is 0. The normalized spacial score (nSPS) is 22.7. The van der Waals surface area contributed by atoms with Gasteiger partial charge in [-0.3, -0.25) is 0 Å². The Morgan fingerprint density at radius 3 is 1.67 bits per heavy atom. The Kier molecular flexibility index (Phi) is 2.53. The molecule has 0 amide bonds. The van der Waals surface area contributed by atoms with E-state index in [9.17, 15) is 0 Å². The van der Waals surface area contributed by atoms with Crippen LogP contribution in [0.15, 0.2) is 0 Å². The summed E-state index contributed by atoms with van der Waals surface area (Å²) in [5, 5.41) is 0. The van der Waals surface area contributed by atoms with Crippen molar-refractivity contribution in [3.05, 3.63) is 0 Å². The zero-order valence-corrected chi connectivity index (χ0v) is 9.74. The van der Waals surface area contributed by atoms with Crippen LogP contribution in [0.3, 0.4) is 0 Å². The van der Waals surface area contributed by atoms with Crippen LogP contribution in [0.4, 0.5) is 0 Å². The van der Waals surface area contributed by atoms with Crippen molar-refractivity contribution >= 4 is 24.2 Å². The summed E-state index contributed by atoms with van der Waals surface area (Å²) in [5.74, 6) is 0. The summed E-state index contributed by atoms with van der Waals surface area (Å²) in [6.45, 7) is 0. The van der Waals surface area contributed by atoms with E-state index in [1.54, 1.807) is 27.2 Å². The molecular formula is C5H11Tl. The second-order valence-electron chi connectivity index (χ2n) is 2.12.